The first-order valence-corrected chi connectivity index (χ1v) is 3.62. The van der Waals surface area contributed by atoms with Gasteiger partial charge in [-0.2, -0.15) is 0 Å². The van der Waals surface area contributed by atoms with Gasteiger partial charge in [-0.3, -0.25) is 4.99 Å². The maximum absolute atomic E-state index is 4.33. The molecule has 1 rings (SSSR count). The lowest BCUT2D eigenvalue weighted by Gasteiger charge is -2.04. The van der Waals surface area contributed by atoms with E-state index in [9.17, 15) is 0 Å². The Morgan fingerprint density at radius 2 is 2.40 bits per heavy atom. The van der Waals surface area contributed by atoms with E-state index in [1.54, 1.807) is 0 Å². The van der Waals surface area contributed by atoms with Crippen LogP contribution in [0.2, 0.25) is 0 Å². The minimum atomic E-state index is 0.461. The Morgan fingerprint density at radius 1 is 1.60 bits per heavy atom. The van der Waals surface area contributed by atoms with Crippen molar-refractivity contribution >= 4 is 6.34 Å². The molecule has 0 aromatic rings. The molecule has 1 saturated heterocycles. The Bertz CT molecular complexity index is 114. The van der Waals surface area contributed by atoms with Gasteiger partial charge < -0.3 is 4.90 Å². The van der Waals surface area contributed by atoms with Crippen LogP contribution in [-0.4, -0.2) is 44.5 Å². The van der Waals surface area contributed by atoms with Crippen molar-refractivity contribution in [3.8, 4) is 0 Å². The lowest BCUT2D eigenvalue weighted by atomic mass is 10.3. The van der Waals surface area contributed by atoms with Crippen molar-refractivity contribution in [3.05, 3.63) is 0 Å². The minimum Gasteiger partial charge on any atom is -0.369 e. The molecule has 1 heterocycles. The van der Waals surface area contributed by atoms with Gasteiger partial charge in [0.25, 0.3) is 0 Å². The second-order valence-corrected chi connectivity index (χ2v) is 2.80. The second kappa shape index (κ2) is 3.56. The Balaban J connectivity index is 2.23. The van der Waals surface area contributed by atoms with Gasteiger partial charge in [0.05, 0.1) is 12.4 Å². The van der Waals surface area contributed by atoms with Crippen LogP contribution in [0.5, 0.6) is 0 Å². The van der Waals surface area contributed by atoms with Crippen LogP contribution in [0.1, 0.15) is 6.42 Å². The fourth-order valence-corrected chi connectivity index (χ4v) is 0.921. The van der Waals surface area contributed by atoms with E-state index >= 15 is 0 Å². The molecule has 3 nitrogen and oxygen atoms in total. The Kier molecular flexibility index (Phi) is 2.68. The van der Waals surface area contributed by atoms with E-state index in [-0.39, 0.29) is 0 Å². The number of hydrogen-bond donors (Lipinski definition) is 0. The molecule has 0 spiro atoms. The first kappa shape index (κ1) is 7.54. The SMILES string of the molecule is CN(C)/C=N/C1CC[N]C1. The largest absolute Gasteiger partial charge is 0.369 e. The zero-order valence-corrected chi connectivity index (χ0v) is 6.62. The van der Waals surface area contributed by atoms with Crippen LogP contribution in [0, 0.1) is 0 Å². The zero-order valence-electron chi connectivity index (χ0n) is 6.62. The molecule has 1 radical (unpaired) electrons. The molecule has 57 valence electrons. The topological polar surface area (TPSA) is 29.7 Å². The van der Waals surface area contributed by atoms with Crippen LogP contribution in [0.4, 0.5) is 0 Å². The van der Waals surface area contributed by atoms with Crippen molar-refractivity contribution in [3.63, 3.8) is 0 Å². The molecule has 0 aromatic heterocycles. The molecule has 10 heavy (non-hydrogen) atoms. The van der Waals surface area contributed by atoms with Gasteiger partial charge in [0, 0.05) is 27.2 Å². The van der Waals surface area contributed by atoms with Gasteiger partial charge in [0.15, 0.2) is 0 Å². The van der Waals surface area contributed by atoms with E-state index in [2.05, 4.69) is 10.3 Å². The van der Waals surface area contributed by atoms with Crippen LogP contribution < -0.4 is 5.32 Å². The molecule has 1 atom stereocenters. The first-order valence-electron chi connectivity index (χ1n) is 3.62. The van der Waals surface area contributed by atoms with E-state index in [4.69, 9.17) is 0 Å². The molecule has 1 fully saturated rings. The molecule has 0 saturated carbocycles. The summed E-state index contributed by atoms with van der Waals surface area (Å²) in [4.78, 5) is 6.29. The predicted molar refractivity (Wildman–Crippen MR) is 42.5 cm³/mol. The third kappa shape index (κ3) is 2.35. The zero-order chi connectivity index (χ0) is 7.40. The molecular weight excluding hydrogens is 126 g/mol. The molecule has 0 aromatic carbocycles. The Hall–Kier alpha value is -0.570. The maximum Gasteiger partial charge on any atom is 0.0848 e. The van der Waals surface area contributed by atoms with Crippen LogP contribution >= 0.6 is 0 Å². The summed E-state index contributed by atoms with van der Waals surface area (Å²) in [6, 6.07) is 0.461. The normalized spacial score (nSPS) is 26.0. The predicted octanol–water partition coefficient (Wildman–Crippen LogP) is -0.0470. The van der Waals surface area contributed by atoms with E-state index in [0.717, 1.165) is 19.5 Å². The monoisotopic (exact) mass is 140 g/mol. The van der Waals surface area contributed by atoms with Crippen molar-refractivity contribution in [2.24, 2.45) is 4.99 Å². The highest BCUT2D eigenvalue weighted by molar-refractivity contribution is 5.54. The van der Waals surface area contributed by atoms with Crippen molar-refractivity contribution in [1.82, 2.24) is 10.2 Å². The minimum absolute atomic E-state index is 0.461. The first-order chi connectivity index (χ1) is 4.79. The van der Waals surface area contributed by atoms with E-state index in [1.165, 1.54) is 0 Å². The number of hydrogen-bond acceptors (Lipinski definition) is 1. The molecule has 0 aliphatic carbocycles. The van der Waals surface area contributed by atoms with Crippen LogP contribution in [-0.2, 0) is 0 Å². The van der Waals surface area contributed by atoms with Crippen LogP contribution in [0.15, 0.2) is 4.99 Å². The van der Waals surface area contributed by atoms with Gasteiger partial charge in [-0.25, -0.2) is 5.32 Å². The molecule has 3 heteroatoms. The third-order valence-corrected chi connectivity index (χ3v) is 1.47. The highest BCUT2D eigenvalue weighted by Crippen LogP contribution is 2.02. The van der Waals surface area contributed by atoms with Crippen LogP contribution in [0.25, 0.3) is 0 Å². The lowest BCUT2D eigenvalue weighted by Crippen LogP contribution is -2.13. The number of rotatable bonds is 2. The molecular formula is C7H14N3. The molecule has 0 bridgehead atoms. The maximum atomic E-state index is 4.33. The summed E-state index contributed by atoms with van der Waals surface area (Å²) in [5.41, 5.74) is 0. The lowest BCUT2D eigenvalue weighted by molar-refractivity contribution is 0.625. The van der Waals surface area contributed by atoms with Crippen molar-refractivity contribution in [1.29, 1.82) is 0 Å². The molecule has 1 aliphatic heterocycles. The quantitative estimate of drug-likeness (QED) is 0.391. The van der Waals surface area contributed by atoms with E-state index in [1.807, 2.05) is 25.3 Å². The highest BCUT2D eigenvalue weighted by atomic mass is 15.1. The summed E-state index contributed by atoms with van der Waals surface area (Å²) in [7, 11) is 3.96. The molecule has 1 unspecified atom stereocenters. The van der Waals surface area contributed by atoms with Gasteiger partial charge in [0.2, 0.25) is 0 Å². The standard InChI is InChI=1S/C7H14N3/c1-10(2)6-9-7-3-4-8-5-7/h6-7H,3-5H2,1-2H3/b9-6+. The second-order valence-electron chi connectivity index (χ2n) is 2.80. The van der Waals surface area contributed by atoms with Crippen molar-refractivity contribution in [2.45, 2.75) is 12.5 Å². The highest BCUT2D eigenvalue weighted by Gasteiger charge is 2.12. The average molecular weight is 140 g/mol. The van der Waals surface area contributed by atoms with E-state index < -0.39 is 0 Å². The summed E-state index contributed by atoms with van der Waals surface area (Å²) in [5.74, 6) is 0. The Labute approximate surface area is 62.1 Å². The smallest absolute Gasteiger partial charge is 0.0848 e. The average Bonchev–Trinajstić information content (AvgIpc) is 2.34. The molecule has 0 amide bonds. The molecule has 0 N–H and O–H groups in total. The van der Waals surface area contributed by atoms with Gasteiger partial charge in [0.1, 0.15) is 0 Å². The fourth-order valence-electron chi connectivity index (χ4n) is 0.921. The van der Waals surface area contributed by atoms with Gasteiger partial charge in [-0.1, -0.05) is 0 Å². The van der Waals surface area contributed by atoms with Gasteiger partial charge in [-0.15, -0.1) is 0 Å². The third-order valence-electron chi connectivity index (χ3n) is 1.47. The van der Waals surface area contributed by atoms with Crippen molar-refractivity contribution < 1.29 is 0 Å². The number of nitrogens with zero attached hydrogens (tertiary/aromatic N) is 3. The van der Waals surface area contributed by atoms with Crippen LogP contribution in [0.3, 0.4) is 0 Å². The van der Waals surface area contributed by atoms with Gasteiger partial charge in [-0.05, 0) is 6.42 Å². The molecule has 1 aliphatic rings. The van der Waals surface area contributed by atoms with Crippen molar-refractivity contribution in [2.75, 3.05) is 27.2 Å². The fraction of sp³-hybridized carbons (Fsp3) is 0.857. The summed E-state index contributed by atoms with van der Waals surface area (Å²) < 4.78 is 0. The Morgan fingerprint density at radius 3 is 2.90 bits per heavy atom. The number of aliphatic imine (C=N–C) groups is 1. The summed E-state index contributed by atoms with van der Waals surface area (Å²) in [5, 5.41) is 4.21. The van der Waals surface area contributed by atoms with E-state index in [0.29, 0.717) is 6.04 Å². The summed E-state index contributed by atoms with van der Waals surface area (Å²) >= 11 is 0. The summed E-state index contributed by atoms with van der Waals surface area (Å²) in [6.45, 7) is 1.92. The summed E-state index contributed by atoms with van der Waals surface area (Å²) in [6.07, 6.45) is 3.00. The van der Waals surface area contributed by atoms with Gasteiger partial charge >= 0.3 is 0 Å².